The van der Waals surface area contributed by atoms with E-state index >= 15 is 0 Å². The van der Waals surface area contributed by atoms with Gasteiger partial charge in [0.25, 0.3) is 11.7 Å². The van der Waals surface area contributed by atoms with Crippen molar-refractivity contribution in [3.8, 4) is 5.75 Å². The molecule has 4 rings (SSSR count). The number of carbonyl (C=O) groups is 2. The normalized spacial score (nSPS) is 14.4. The number of aryl methyl sites for hydroxylation is 1. The Kier molecular flexibility index (Phi) is 3.72. The molecule has 126 valence electrons. The van der Waals surface area contributed by atoms with Crippen LogP contribution in [0.2, 0.25) is 0 Å². The van der Waals surface area contributed by atoms with Crippen molar-refractivity contribution < 1.29 is 14.3 Å². The fourth-order valence-corrected chi connectivity index (χ4v) is 3.11. The molecule has 0 atom stereocenters. The molecule has 2 aromatic heterocycles. The first-order valence-corrected chi connectivity index (χ1v) is 8.11. The lowest BCUT2D eigenvalue weighted by Crippen LogP contribution is -2.57. The smallest absolute Gasteiger partial charge is 0.295 e. The number of rotatable bonds is 4. The van der Waals surface area contributed by atoms with E-state index in [2.05, 4.69) is 9.97 Å². The molecule has 3 heterocycles. The molecule has 1 aromatic carbocycles. The van der Waals surface area contributed by atoms with Crippen molar-refractivity contribution in [3.05, 3.63) is 60.0 Å². The van der Waals surface area contributed by atoms with E-state index in [4.69, 9.17) is 4.74 Å². The zero-order valence-corrected chi connectivity index (χ0v) is 13.7. The van der Waals surface area contributed by atoms with Gasteiger partial charge >= 0.3 is 0 Å². The first-order chi connectivity index (χ1) is 12.1. The molecule has 1 fully saturated rings. The van der Waals surface area contributed by atoms with Gasteiger partial charge in [-0.05, 0) is 25.1 Å². The van der Waals surface area contributed by atoms with Gasteiger partial charge in [-0.3, -0.25) is 14.6 Å². The number of likely N-dealkylation sites (tertiary alicyclic amines) is 1. The Bertz CT molecular complexity index is 943. The third-order valence-electron chi connectivity index (χ3n) is 4.39. The van der Waals surface area contributed by atoms with Gasteiger partial charge in [-0.25, -0.2) is 0 Å². The standard InChI is InChI=1S/C19H17N3O3/c1-12-17(15-6-2-3-7-16(15)21-12)18(23)19(24)22-10-14(11-22)25-13-5-4-8-20-9-13/h2-9,14,21H,10-11H2,1H3. The summed E-state index contributed by atoms with van der Waals surface area (Å²) in [5.41, 5.74) is 2.03. The number of aromatic amines is 1. The number of aromatic nitrogens is 2. The molecular formula is C19H17N3O3. The molecule has 25 heavy (non-hydrogen) atoms. The lowest BCUT2D eigenvalue weighted by atomic mass is 10.0. The molecule has 1 amide bonds. The van der Waals surface area contributed by atoms with Gasteiger partial charge in [-0.15, -0.1) is 0 Å². The van der Waals surface area contributed by atoms with Crippen LogP contribution in [0.3, 0.4) is 0 Å². The summed E-state index contributed by atoms with van der Waals surface area (Å²) in [5.74, 6) is -0.299. The van der Waals surface area contributed by atoms with Crippen LogP contribution in [0.4, 0.5) is 0 Å². The molecule has 1 saturated heterocycles. The van der Waals surface area contributed by atoms with Gasteiger partial charge < -0.3 is 14.6 Å². The van der Waals surface area contributed by atoms with Crippen LogP contribution in [-0.4, -0.2) is 45.8 Å². The molecule has 0 bridgehead atoms. The number of ketones is 1. The van der Waals surface area contributed by atoms with Crippen LogP contribution in [0.5, 0.6) is 5.75 Å². The highest BCUT2D eigenvalue weighted by Crippen LogP contribution is 2.24. The lowest BCUT2D eigenvalue weighted by molar-refractivity contribution is -0.134. The van der Waals surface area contributed by atoms with E-state index in [1.807, 2.05) is 37.3 Å². The van der Waals surface area contributed by atoms with Gasteiger partial charge in [0.15, 0.2) is 0 Å². The summed E-state index contributed by atoms with van der Waals surface area (Å²) < 4.78 is 5.72. The topological polar surface area (TPSA) is 75.3 Å². The van der Waals surface area contributed by atoms with Crippen molar-refractivity contribution in [2.45, 2.75) is 13.0 Å². The fraction of sp³-hybridized carbons (Fsp3) is 0.211. The second kappa shape index (κ2) is 6.05. The van der Waals surface area contributed by atoms with Crippen LogP contribution in [0.15, 0.2) is 48.8 Å². The predicted molar refractivity (Wildman–Crippen MR) is 92.6 cm³/mol. The molecule has 1 N–H and O–H groups in total. The first-order valence-electron chi connectivity index (χ1n) is 8.11. The highest BCUT2D eigenvalue weighted by Gasteiger charge is 2.36. The number of fused-ring (bicyclic) bond motifs is 1. The van der Waals surface area contributed by atoms with E-state index in [1.54, 1.807) is 18.5 Å². The van der Waals surface area contributed by atoms with Crippen molar-refractivity contribution in [1.29, 1.82) is 0 Å². The predicted octanol–water partition coefficient (Wildman–Crippen LogP) is 2.34. The van der Waals surface area contributed by atoms with Crippen LogP contribution < -0.4 is 4.74 Å². The maximum Gasteiger partial charge on any atom is 0.295 e. The molecule has 0 radical (unpaired) electrons. The lowest BCUT2D eigenvalue weighted by Gasteiger charge is -2.38. The average Bonchev–Trinajstić information content (AvgIpc) is 2.93. The highest BCUT2D eigenvalue weighted by atomic mass is 16.5. The summed E-state index contributed by atoms with van der Waals surface area (Å²) >= 11 is 0. The maximum absolute atomic E-state index is 12.7. The maximum atomic E-state index is 12.7. The minimum absolute atomic E-state index is 0.106. The zero-order chi connectivity index (χ0) is 17.4. The number of nitrogens with zero attached hydrogens (tertiary/aromatic N) is 2. The number of nitrogens with one attached hydrogen (secondary N) is 1. The summed E-state index contributed by atoms with van der Waals surface area (Å²) in [6, 6.07) is 11.1. The number of benzene rings is 1. The Hall–Kier alpha value is -3.15. The monoisotopic (exact) mass is 335 g/mol. The van der Waals surface area contributed by atoms with E-state index in [0.29, 0.717) is 30.1 Å². The molecule has 0 spiro atoms. The number of hydrogen-bond donors (Lipinski definition) is 1. The van der Waals surface area contributed by atoms with Crippen LogP contribution in [0.25, 0.3) is 10.9 Å². The fourth-order valence-electron chi connectivity index (χ4n) is 3.11. The Balaban J connectivity index is 1.45. The number of Topliss-reactive ketones (excluding diaryl/α,β-unsaturated/α-hetero) is 1. The minimum atomic E-state index is -0.487. The highest BCUT2D eigenvalue weighted by molar-refractivity contribution is 6.45. The van der Waals surface area contributed by atoms with Gasteiger partial charge in [0.05, 0.1) is 24.8 Å². The van der Waals surface area contributed by atoms with Gasteiger partial charge in [0.2, 0.25) is 0 Å². The zero-order valence-electron chi connectivity index (χ0n) is 13.7. The van der Waals surface area contributed by atoms with Crippen molar-refractivity contribution in [3.63, 3.8) is 0 Å². The Morgan fingerprint density at radius 2 is 2.00 bits per heavy atom. The third-order valence-corrected chi connectivity index (χ3v) is 4.39. The van der Waals surface area contributed by atoms with E-state index in [1.165, 1.54) is 4.90 Å². The van der Waals surface area contributed by atoms with Crippen LogP contribution >= 0.6 is 0 Å². The minimum Gasteiger partial charge on any atom is -0.485 e. The number of H-pyrrole nitrogens is 1. The Labute approximate surface area is 144 Å². The SMILES string of the molecule is Cc1[nH]c2ccccc2c1C(=O)C(=O)N1CC(Oc2cccnc2)C1. The van der Waals surface area contributed by atoms with Gasteiger partial charge in [-0.2, -0.15) is 0 Å². The molecular weight excluding hydrogens is 318 g/mol. The quantitative estimate of drug-likeness (QED) is 0.586. The molecule has 1 aliphatic rings. The van der Waals surface area contributed by atoms with E-state index < -0.39 is 11.7 Å². The molecule has 3 aromatic rings. The second-order valence-corrected chi connectivity index (χ2v) is 6.14. The summed E-state index contributed by atoms with van der Waals surface area (Å²) in [6.45, 7) is 2.62. The Morgan fingerprint density at radius 3 is 2.76 bits per heavy atom. The molecule has 0 saturated carbocycles. The van der Waals surface area contributed by atoms with Gasteiger partial charge in [0, 0.05) is 22.8 Å². The summed E-state index contributed by atoms with van der Waals surface area (Å²) in [5, 5.41) is 0.780. The van der Waals surface area contributed by atoms with E-state index in [0.717, 1.165) is 10.9 Å². The number of amides is 1. The number of para-hydroxylation sites is 1. The van der Waals surface area contributed by atoms with Crippen molar-refractivity contribution in [2.24, 2.45) is 0 Å². The third kappa shape index (κ3) is 2.76. The molecule has 6 heteroatoms. The van der Waals surface area contributed by atoms with Crippen LogP contribution in [-0.2, 0) is 4.79 Å². The largest absolute Gasteiger partial charge is 0.485 e. The molecule has 0 unspecified atom stereocenters. The molecule has 6 nitrogen and oxygen atoms in total. The number of carbonyl (C=O) groups excluding carboxylic acids is 2. The van der Waals surface area contributed by atoms with Crippen LogP contribution in [0, 0.1) is 6.92 Å². The second-order valence-electron chi connectivity index (χ2n) is 6.14. The molecule has 1 aliphatic heterocycles. The van der Waals surface area contributed by atoms with E-state index in [-0.39, 0.29) is 6.10 Å². The van der Waals surface area contributed by atoms with Crippen molar-refractivity contribution >= 4 is 22.6 Å². The number of pyridine rings is 1. The van der Waals surface area contributed by atoms with E-state index in [9.17, 15) is 9.59 Å². The molecule has 0 aliphatic carbocycles. The van der Waals surface area contributed by atoms with Crippen molar-refractivity contribution in [2.75, 3.05) is 13.1 Å². The van der Waals surface area contributed by atoms with Crippen LogP contribution in [0.1, 0.15) is 16.1 Å². The van der Waals surface area contributed by atoms with Gasteiger partial charge in [0.1, 0.15) is 11.9 Å². The first kappa shape index (κ1) is 15.4. The number of hydrogen-bond acceptors (Lipinski definition) is 4. The number of ether oxygens (including phenoxy) is 1. The Morgan fingerprint density at radius 1 is 1.20 bits per heavy atom. The van der Waals surface area contributed by atoms with Gasteiger partial charge in [-0.1, -0.05) is 18.2 Å². The van der Waals surface area contributed by atoms with Crippen molar-refractivity contribution in [1.82, 2.24) is 14.9 Å². The average molecular weight is 335 g/mol. The summed E-state index contributed by atoms with van der Waals surface area (Å²) in [6.07, 6.45) is 3.20. The summed E-state index contributed by atoms with van der Waals surface area (Å²) in [4.78, 5) is 33.9. The summed E-state index contributed by atoms with van der Waals surface area (Å²) in [7, 11) is 0.